The van der Waals surface area contributed by atoms with Crippen LogP contribution in [-0.2, 0) is 16.2 Å². The highest BCUT2D eigenvalue weighted by Gasteiger charge is 2.38. The van der Waals surface area contributed by atoms with E-state index in [1.165, 1.54) is 6.07 Å². The lowest BCUT2D eigenvalue weighted by molar-refractivity contribution is -0.139. The molecule has 0 amide bonds. The molecule has 1 aliphatic carbocycles. The van der Waals surface area contributed by atoms with Crippen LogP contribution in [0.1, 0.15) is 24.8 Å². The molecule has 1 aromatic carbocycles. The van der Waals surface area contributed by atoms with Gasteiger partial charge in [0.25, 0.3) is 0 Å². The molecule has 0 aromatic heterocycles. The summed E-state index contributed by atoms with van der Waals surface area (Å²) >= 11 is 0. The third kappa shape index (κ3) is 3.56. The highest BCUT2D eigenvalue weighted by molar-refractivity contribution is 7.89. The number of aliphatic hydroxyl groups is 1. The van der Waals surface area contributed by atoms with Gasteiger partial charge < -0.3 is 5.11 Å². The van der Waals surface area contributed by atoms with Crippen molar-refractivity contribution in [3.63, 3.8) is 0 Å². The zero-order valence-corrected chi connectivity index (χ0v) is 11.9. The average molecular weight is 323 g/mol. The second-order valence-electron chi connectivity index (χ2n) is 5.10. The Morgan fingerprint density at radius 1 is 1.24 bits per heavy atom. The van der Waals surface area contributed by atoms with E-state index in [0.717, 1.165) is 24.6 Å². The van der Waals surface area contributed by atoms with Gasteiger partial charge in [-0.25, -0.2) is 13.1 Å². The van der Waals surface area contributed by atoms with E-state index in [-0.39, 0.29) is 12.5 Å². The van der Waals surface area contributed by atoms with Crippen LogP contribution in [0.15, 0.2) is 29.2 Å². The van der Waals surface area contributed by atoms with Gasteiger partial charge in [0.2, 0.25) is 10.0 Å². The van der Waals surface area contributed by atoms with Crippen molar-refractivity contribution in [3.8, 4) is 0 Å². The Bertz CT molecular complexity index is 601. The lowest BCUT2D eigenvalue weighted by Crippen LogP contribution is -2.39. The number of sulfonamides is 1. The van der Waals surface area contributed by atoms with E-state index in [9.17, 15) is 26.7 Å². The molecule has 118 valence electrons. The number of nitrogens with one attached hydrogen (secondary N) is 1. The Labute approximate surface area is 121 Å². The molecule has 1 fully saturated rings. The second-order valence-corrected chi connectivity index (χ2v) is 6.78. The first-order valence-corrected chi connectivity index (χ1v) is 8.03. The molecule has 0 radical (unpaired) electrons. The molecule has 1 aromatic rings. The van der Waals surface area contributed by atoms with E-state index in [2.05, 4.69) is 4.72 Å². The summed E-state index contributed by atoms with van der Waals surface area (Å²) in [4.78, 5) is -0.777. The molecule has 2 N–H and O–H groups in total. The quantitative estimate of drug-likeness (QED) is 0.892. The summed E-state index contributed by atoms with van der Waals surface area (Å²) in [5, 5.41) is 9.17. The average Bonchev–Trinajstić information content (AvgIpc) is 2.84. The molecule has 1 saturated carbocycles. The van der Waals surface area contributed by atoms with Crippen molar-refractivity contribution < 1.29 is 26.7 Å². The molecule has 21 heavy (non-hydrogen) atoms. The van der Waals surface area contributed by atoms with E-state index < -0.39 is 32.7 Å². The summed E-state index contributed by atoms with van der Waals surface area (Å²) < 4.78 is 65.5. The van der Waals surface area contributed by atoms with Crippen LogP contribution in [0.3, 0.4) is 0 Å². The van der Waals surface area contributed by atoms with Crippen molar-refractivity contribution in [2.75, 3.05) is 6.61 Å². The van der Waals surface area contributed by atoms with Gasteiger partial charge in [0.05, 0.1) is 10.5 Å². The first kappa shape index (κ1) is 16.3. The summed E-state index contributed by atoms with van der Waals surface area (Å²) in [6.07, 6.45) is -2.83. The maximum Gasteiger partial charge on any atom is 0.417 e. The predicted octanol–water partition coefficient (Wildman–Crippen LogP) is 2.14. The van der Waals surface area contributed by atoms with Gasteiger partial charge in [-0.3, -0.25) is 0 Å². The van der Waals surface area contributed by atoms with Gasteiger partial charge in [0, 0.05) is 12.6 Å². The molecule has 4 nitrogen and oxygen atoms in total. The van der Waals surface area contributed by atoms with Crippen LogP contribution in [0.4, 0.5) is 13.2 Å². The number of hydrogen-bond acceptors (Lipinski definition) is 3. The predicted molar refractivity (Wildman–Crippen MR) is 70.0 cm³/mol. The molecule has 2 rings (SSSR count). The summed E-state index contributed by atoms with van der Waals surface area (Å²) in [5.74, 6) is -0.252. The normalized spacial score (nSPS) is 23.4. The Morgan fingerprint density at radius 2 is 1.90 bits per heavy atom. The van der Waals surface area contributed by atoms with Gasteiger partial charge >= 0.3 is 6.18 Å². The molecule has 2 atom stereocenters. The molecule has 8 heteroatoms. The Hall–Kier alpha value is -1.12. The number of benzene rings is 1. The van der Waals surface area contributed by atoms with E-state index in [1.807, 2.05) is 0 Å². The van der Waals surface area contributed by atoms with Crippen LogP contribution in [0.5, 0.6) is 0 Å². The smallest absolute Gasteiger partial charge is 0.396 e. The molecule has 0 saturated heterocycles. The van der Waals surface area contributed by atoms with Crippen molar-refractivity contribution in [3.05, 3.63) is 29.8 Å². The third-order valence-electron chi connectivity index (χ3n) is 3.68. The second kappa shape index (κ2) is 5.94. The topological polar surface area (TPSA) is 66.4 Å². The molecular weight excluding hydrogens is 307 g/mol. The van der Waals surface area contributed by atoms with Crippen LogP contribution >= 0.6 is 0 Å². The van der Waals surface area contributed by atoms with Crippen LogP contribution in [0.2, 0.25) is 0 Å². The SMILES string of the molecule is O=S(=O)(NC1CCCC1CO)c1ccccc1C(F)(F)F. The Kier molecular flexibility index (Phi) is 4.60. The summed E-state index contributed by atoms with van der Waals surface area (Å²) in [6.45, 7) is -0.186. The molecule has 0 spiro atoms. The zero-order valence-electron chi connectivity index (χ0n) is 11.1. The van der Waals surface area contributed by atoms with Gasteiger partial charge in [-0.15, -0.1) is 0 Å². The van der Waals surface area contributed by atoms with Gasteiger partial charge in [0.15, 0.2) is 0 Å². The highest BCUT2D eigenvalue weighted by atomic mass is 32.2. The molecular formula is C13H16F3NO3S. The maximum atomic E-state index is 12.9. The number of halogens is 3. The van der Waals surface area contributed by atoms with Gasteiger partial charge in [0.1, 0.15) is 0 Å². The number of aliphatic hydroxyl groups excluding tert-OH is 1. The van der Waals surface area contributed by atoms with Gasteiger partial charge in [-0.2, -0.15) is 13.2 Å². The molecule has 1 aliphatic rings. The molecule has 0 aliphatic heterocycles. The molecule has 0 heterocycles. The minimum Gasteiger partial charge on any atom is -0.396 e. The number of hydrogen-bond donors (Lipinski definition) is 2. The van der Waals surface area contributed by atoms with Crippen molar-refractivity contribution in [2.24, 2.45) is 5.92 Å². The van der Waals surface area contributed by atoms with Crippen LogP contribution < -0.4 is 4.72 Å². The first-order chi connectivity index (χ1) is 9.75. The third-order valence-corrected chi connectivity index (χ3v) is 5.23. The molecule has 0 bridgehead atoms. The highest BCUT2D eigenvalue weighted by Crippen LogP contribution is 2.34. The van der Waals surface area contributed by atoms with Crippen LogP contribution in [-0.4, -0.2) is 26.2 Å². The summed E-state index contributed by atoms with van der Waals surface area (Å²) in [6, 6.07) is 3.55. The first-order valence-electron chi connectivity index (χ1n) is 6.55. The minimum absolute atomic E-state index is 0.186. The fourth-order valence-electron chi connectivity index (χ4n) is 2.61. The Balaban J connectivity index is 2.32. The largest absolute Gasteiger partial charge is 0.417 e. The van der Waals surface area contributed by atoms with E-state index >= 15 is 0 Å². The lowest BCUT2D eigenvalue weighted by Gasteiger charge is -2.20. The summed E-state index contributed by atoms with van der Waals surface area (Å²) in [7, 11) is -4.28. The van der Waals surface area contributed by atoms with E-state index in [1.54, 1.807) is 0 Å². The van der Waals surface area contributed by atoms with Gasteiger partial charge in [-0.05, 0) is 30.9 Å². The fraction of sp³-hybridized carbons (Fsp3) is 0.538. The monoisotopic (exact) mass is 323 g/mol. The van der Waals surface area contributed by atoms with Crippen molar-refractivity contribution in [1.82, 2.24) is 4.72 Å². The van der Waals surface area contributed by atoms with Crippen LogP contribution in [0, 0.1) is 5.92 Å². The lowest BCUT2D eigenvalue weighted by atomic mass is 10.1. The zero-order chi connectivity index (χ0) is 15.7. The van der Waals surface area contributed by atoms with E-state index in [4.69, 9.17) is 0 Å². The molecule has 2 unspecified atom stereocenters. The van der Waals surface area contributed by atoms with E-state index in [0.29, 0.717) is 12.8 Å². The minimum atomic E-state index is -4.74. The van der Waals surface area contributed by atoms with Crippen molar-refractivity contribution in [1.29, 1.82) is 0 Å². The summed E-state index contributed by atoms with van der Waals surface area (Å²) in [5.41, 5.74) is -1.18. The number of alkyl halides is 3. The van der Waals surface area contributed by atoms with Gasteiger partial charge in [-0.1, -0.05) is 18.6 Å². The standard InChI is InChI=1S/C13H16F3NO3S/c14-13(15,16)10-5-1-2-7-12(10)21(19,20)17-11-6-3-4-9(11)8-18/h1-2,5,7,9,11,17-18H,3-4,6,8H2. The maximum absolute atomic E-state index is 12.9. The Morgan fingerprint density at radius 3 is 2.52 bits per heavy atom. The van der Waals surface area contributed by atoms with Crippen molar-refractivity contribution >= 4 is 10.0 Å². The van der Waals surface area contributed by atoms with Crippen LogP contribution in [0.25, 0.3) is 0 Å². The number of rotatable bonds is 4. The fourth-order valence-corrected chi connectivity index (χ4v) is 4.18. The van der Waals surface area contributed by atoms with Crippen molar-refractivity contribution in [2.45, 2.75) is 36.4 Å².